The first kappa shape index (κ1) is 36.5. The number of hydrogen-bond acceptors (Lipinski definition) is 18. The van der Waals surface area contributed by atoms with Gasteiger partial charge in [0, 0.05) is 11.8 Å². The largest absolute Gasteiger partial charge is 0.504 e. The van der Waals surface area contributed by atoms with E-state index >= 15 is 0 Å². The highest BCUT2D eigenvalue weighted by molar-refractivity contribution is 5.55. The molecule has 0 bridgehead atoms. The summed E-state index contributed by atoms with van der Waals surface area (Å²) in [5, 5.41) is 102. The summed E-state index contributed by atoms with van der Waals surface area (Å²) in [7, 11) is 2.66. The van der Waals surface area contributed by atoms with Crippen molar-refractivity contribution in [2.45, 2.75) is 73.6 Å². The van der Waals surface area contributed by atoms with Crippen LogP contribution < -0.4 is 18.9 Å². The monoisotopic (exact) mass is 714 g/mol. The number of phenolic OH excluding ortho intramolecular Hbond substituents is 2. The molecule has 0 radical (unpaired) electrons. The maximum absolute atomic E-state index is 11.0. The molecule has 2 aromatic rings. The minimum Gasteiger partial charge on any atom is -0.504 e. The van der Waals surface area contributed by atoms with E-state index < -0.39 is 98.3 Å². The van der Waals surface area contributed by atoms with Gasteiger partial charge in [-0.25, -0.2) is 0 Å². The molecular weight excluding hydrogens is 672 g/mol. The number of methoxy groups -OCH3 is 2. The van der Waals surface area contributed by atoms with Crippen molar-refractivity contribution in [2.75, 3.05) is 40.6 Å². The molecule has 4 heterocycles. The lowest BCUT2D eigenvalue weighted by molar-refractivity contribution is -0.277. The summed E-state index contributed by atoms with van der Waals surface area (Å²) in [4.78, 5) is 0. The molecule has 10 N–H and O–H groups in total. The second kappa shape index (κ2) is 14.8. The summed E-state index contributed by atoms with van der Waals surface area (Å²) in [5.41, 5.74) is 1.03. The molecule has 0 spiro atoms. The number of benzene rings is 2. The van der Waals surface area contributed by atoms with Crippen LogP contribution in [0.15, 0.2) is 24.3 Å². The molecule has 0 amide bonds. The lowest BCUT2D eigenvalue weighted by Gasteiger charge is -2.39. The van der Waals surface area contributed by atoms with Crippen LogP contribution in [0.5, 0.6) is 34.5 Å². The minimum absolute atomic E-state index is 0.0455. The predicted molar refractivity (Wildman–Crippen MR) is 162 cm³/mol. The molecule has 4 saturated heterocycles. The van der Waals surface area contributed by atoms with Crippen molar-refractivity contribution in [2.24, 2.45) is 11.8 Å². The zero-order chi connectivity index (χ0) is 36.0. The molecule has 18 nitrogen and oxygen atoms in total. The molecule has 0 aromatic heterocycles. The molecule has 2 aromatic carbocycles. The van der Waals surface area contributed by atoms with Crippen molar-refractivity contribution in [3.8, 4) is 34.5 Å². The normalized spacial score (nSPS) is 38.4. The van der Waals surface area contributed by atoms with Gasteiger partial charge in [0.2, 0.25) is 24.1 Å². The first-order valence-electron chi connectivity index (χ1n) is 15.9. The van der Waals surface area contributed by atoms with Gasteiger partial charge in [-0.2, -0.15) is 0 Å². The molecule has 4 fully saturated rings. The van der Waals surface area contributed by atoms with Gasteiger partial charge in [0.15, 0.2) is 23.0 Å². The minimum atomic E-state index is -1.71. The zero-order valence-electron chi connectivity index (χ0n) is 27.0. The fraction of sp³-hybridized carbons (Fsp3) is 0.625. The highest BCUT2D eigenvalue weighted by Crippen LogP contribution is 2.54. The van der Waals surface area contributed by atoms with Crippen LogP contribution in [0.2, 0.25) is 0 Å². The van der Waals surface area contributed by atoms with Crippen LogP contribution >= 0.6 is 0 Å². The standard InChI is InChI=1S/C32H42O18/c1-43-17-5-11(3-15(35)29(17)49-31-25(41)23(39)21(37)19(7-33)47-31)27-13-9-46-28(14(13)10-45-27)12-4-16(36)30(18(6-12)44-2)50-32-26(42)24(40)22(38)20(8-34)48-32/h3-6,13-14,19-28,31-42H,7-10H2,1-2H3/t13-,14-,19+,20+,21+,22+,23-,24-,25+,26+,27+,28+,31-,32-/m0/s1. The quantitative estimate of drug-likeness (QED) is 0.122. The van der Waals surface area contributed by atoms with E-state index in [2.05, 4.69) is 0 Å². The third kappa shape index (κ3) is 6.51. The summed E-state index contributed by atoms with van der Waals surface area (Å²) in [5.74, 6) is -1.59. The van der Waals surface area contributed by atoms with Crippen molar-refractivity contribution >= 4 is 0 Å². The smallest absolute Gasteiger partial charge is 0.229 e. The maximum atomic E-state index is 11.0. The Morgan fingerprint density at radius 2 is 0.960 bits per heavy atom. The van der Waals surface area contributed by atoms with Crippen molar-refractivity contribution in [1.82, 2.24) is 0 Å². The van der Waals surface area contributed by atoms with Crippen LogP contribution in [0.1, 0.15) is 23.3 Å². The Morgan fingerprint density at radius 3 is 1.30 bits per heavy atom. The van der Waals surface area contributed by atoms with E-state index in [1.54, 1.807) is 12.1 Å². The van der Waals surface area contributed by atoms with Crippen molar-refractivity contribution in [3.63, 3.8) is 0 Å². The third-order valence-corrected chi connectivity index (χ3v) is 9.64. The third-order valence-electron chi connectivity index (χ3n) is 9.64. The SMILES string of the molecule is COc1cc([C@H]2OC[C@H]3[C@@H]2CO[C@@H]3c2cc(O)c(O[C@@H]3O[C@H](CO)[C@@H](O)[C@H](O)[C@H]3O)c(OC)c2)cc(O)c1O[C@@H]1O[C@H](CO)[C@@H](O)[C@H](O)[C@H]1O. The number of aromatic hydroxyl groups is 2. The molecule has 18 heteroatoms. The average Bonchev–Trinajstić information content (AvgIpc) is 3.72. The average molecular weight is 715 g/mol. The Kier molecular flexibility index (Phi) is 10.8. The van der Waals surface area contributed by atoms with Crippen LogP contribution in [0, 0.1) is 11.8 Å². The van der Waals surface area contributed by atoms with Crippen molar-refractivity contribution in [1.29, 1.82) is 0 Å². The van der Waals surface area contributed by atoms with Crippen LogP contribution in [-0.4, -0.2) is 153 Å². The molecule has 0 saturated carbocycles. The van der Waals surface area contributed by atoms with Gasteiger partial charge in [-0.15, -0.1) is 0 Å². The van der Waals surface area contributed by atoms with Gasteiger partial charge in [-0.05, 0) is 35.4 Å². The van der Waals surface area contributed by atoms with E-state index in [9.17, 15) is 51.1 Å². The molecule has 6 rings (SSSR count). The van der Waals surface area contributed by atoms with Crippen LogP contribution in [-0.2, 0) is 18.9 Å². The Labute approximate surface area is 285 Å². The molecular formula is C32H42O18. The number of rotatable bonds is 10. The number of aliphatic hydroxyl groups is 8. The number of hydrogen-bond donors (Lipinski definition) is 10. The molecule has 14 atom stereocenters. The fourth-order valence-corrected chi connectivity index (χ4v) is 6.88. The van der Waals surface area contributed by atoms with Crippen LogP contribution in [0.4, 0.5) is 0 Å². The molecule has 0 unspecified atom stereocenters. The number of aliphatic hydroxyl groups excluding tert-OH is 8. The summed E-state index contributed by atoms with van der Waals surface area (Å²) >= 11 is 0. The summed E-state index contributed by atoms with van der Waals surface area (Å²) < 4.78 is 45.4. The van der Waals surface area contributed by atoms with Gasteiger partial charge >= 0.3 is 0 Å². The van der Waals surface area contributed by atoms with E-state index in [0.717, 1.165) is 0 Å². The van der Waals surface area contributed by atoms with E-state index in [0.29, 0.717) is 11.1 Å². The summed E-state index contributed by atoms with van der Waals surface area (Å²) in [6.45, 7) is -0.856. The highest BCUT2D eigenvalue weighted by Gasteiger charge is 2.50. The number of phenols is 2. The van der Waals surface area contributed by atoms with Gasteiger partial charge in [-0.3, -0.25) is 0 Å². The van der Waals surface area contributed by atoms with Gasteiger partial charge in [0.25, 0.3) is 0 Å². The number of fused-ring (bicyclic) bond motifs is 1. The molecule has 4 aliphatic rings. The lowest BCUT2D eigenvalue weighted by Crippen LogP contribution is -2.60. The Bertz CT molecular complexity index is 1380. The first-order valence-corrected chi connectivity index (χ1v) is 15.9. The Morgan fingerprint density at radius 1 is 0.580 bits per heavy atom. The molecule has 4 aliphatic heterocycles. The fourth-order valence-electron chi connectivity index (χ4n) is 6.88. The van der Waals surface area contributed by atoms with E-state index in [-0.39, 0.29) is 48.0 Å². The second-order valence-corrected chi connectivity index (χ2v) is 12.6. The Balaban J connectivity index is 1.18. The predicted octanol–water partition coefficient (Wildman–Crippen LogP) is -2.45. The molecule has 50 heavy (non-hydrogen) atoms. The van der Waals surface area contributed by atoms with E-state index in [1.807, 2.05) is 0 Å². The zero-order valence-corrected chi connectivity index (χ0v) is 27.0. The van der Waals surface area contributed by atoms with Gasteiger partial charge in [-0.1, -0.05) is 0 Å². The van der Waals surface area contributed by atoms with Crippen LogP contribution in [0.3, 0.4) is 0 Å². The number of ether oxygens (including phenoxy) is 8. The van der Waals surface area contributed by atoms with Gasteiger partial charge in [0.05, 0.1) is 52.9 Å². The van der Waals surface area contributed by atoms with Crippen LogP contribution in [0.25, 0.3) is 0 Å². The molecule has 0 aliphatic carbocycles. The van der Waals surface area contributed by atoms with Crippen molar-refractivity contribution < 1.29 is 89.0 Å². The summed E-state index contributed by atoms with van der Waals surface area (Å²) in [6.07, 6.45) is -16.7. The highest BCUT2D eigenvalue weighted by atomic mass is 16.7. The lowest BCUT2D eigenvalue weighted by atomic mass is 9.84. The van der Waals surface area contributed by atoms with Gasteiger partial charge in [0.1, 0.15) is 48.8 Å². The topological polar surface area (TPSA) is 276 Å². The van der Waals surface area contributed by atoms with E-state index in [4.69, 9.17) is 37.9 Å². The second-order valence-electron chi connectivity index (χ2n) is 12.6. The van der Waals surface area contributed by atoms with Crippen molar-refractivity contribution in [3.05, 3.63) is 35.4 Å². The summed E-state index contributed by atoms with van der Waals surface area (Å²) in [6, 6.07) is 5.92. The molecule has 278 valence electrons. The first-order chi connectivity index (χ1) is 23.9. The van der Waals surface area contributed by atoms with E-state index in [1.165, 1.54) is 26.4 Å². The maximum Gasteiger partial charge on any atom is 0.229 e. The Hall–Kier alpha value is -3.24. The van der Waals surface area contributed by atoms with Gasteiger partial charge < -0.3 is 89.0 Å².